The number of thiazole rings is 1. The summed E-state index contributed by atoms with van der Waals surface area (Å²) < 4.78 is 0. The lowest BCUT2D eigenvalue weighted by Gasteiger charge is -2.39. The highest BCUT2D eigenvalue weighted by Crippen LogP contribution is 2.16. The van der Waals surface area contributed by atoms with E-state index in [0.29, 0.717) is 12.6 Å². The molecule has 0 saturated carbocycles. The third-order valence-corrected chi connectivity index (χ3v) is 6.35. The van der Waals surface area contributed by atoms with Gasteiger partial charge in [0.2, 0.25) is 0 Å². The van der Waals surface area contributed by atoms with Crippen molar-refractivity contribution in [2.45, 2.75) is 32.9 Å². The van der Waals surface area contributed by atoms with Crippen molar-refractivity contribution in [3.8, 4) is 0 Å². The van der Waals surface area contributed by atoms with Crippen molar-refractivity contribution < 1.29 is 0 Å². The van der Waals surface area contributed by atoms with Gasteiger partial charge < -0.3 is 15.5 Å². The van der Waals surface area contributed by atoms with Crippen LogP contribution in [0.3, 0.4) is 0 Å². The molecule has 0 radical (unpaired) electrons. The maximum atomic E-state index is 4.45. The van der Waals surface area contributed by atoms with E-state index in [1.807, 2.05) is 13.2 Å². The third kappa shape index (κ3) is 7.11. The quantitative estimate of drug-likeness (QED) is 0.329. The van der Waals surface area contributed by atoms with Gasteiger partial charge in [0.1, 0.15) is 5.01 Å². The first-order valence-corrected chi connectivity index (χ1v) is 10.9. The number of anilines is 1. The molecule has 0 bridgehead atoms. The fourth-order valence-corrected chi connectivity index (χ4v) is 4.21. The van der Waals surface area contributed by atoms with Crippen molar-refractivity contribution in [1.29, 1.82) is 0 Å². The van der Waals surface area contributed by atoms with E-state index < -0.39 is 0 Å². The molecule has 8 heteroatoms. The lowest BCUT2D eigenvalue weighted by molar-refractivity contribution is 0.197. The minimum atomic E-state index is 0. The molecule has 0 amide bonds. The van der Waals surface area contributed by atoms with Crippen LogP contribution in [0, 0.1) is 0 Å². The van der Waals surface area contributed by atoms with Crippen LogP contribution in [0.4, 0.5) is 5.69 Å². The number of aryl methyl sites for hydroxylation is 1. The molecule has 2 aromatic rings. The second-order valence-corrected chi connectivity index (χ2v) is 8.29. The summed E-state index contributed by atoms with van der Waals surface area (Å²) in [5.41, 5.74) is 1.32. The first-order valence-electron chi connectivity index (χ1n) is 10.1. The molecule has 1 aliphatic rings. The van der Waals surface area contributed by atoms with Gasteiger partial charge in [-0.05, 0) is 25.5 Å². The standard InChI is InChI=1S/C21H32N6S.HI/c1-4-19-15-23-20(28-19)16-25-21(22-3)24-14-17(2)26-10-12-27(13-11-26)18-8-6-5-7-9-18;/h5-9,15,17H,4,10-14,16H2,1-3H3,(H2,22,24,25);1H. The average Bonchev–Trinajstić information content (AvgIpc) is 3.22. The molecule has 1 saturated heterocycles. The van der Waals surface area contributed by atoms with Crippen molar-refractivity contribution >= 4 is 47.0 Å². The molecule has 1 unspecified atom stereocenters. The van der Waals surface area contributed by atoms with E-state index in [0.717, 1.165) is 50.1 Å². The zero-order chi connectivity index (χ0) is 19.8. The Balaban J connectivity index is 0.00000300. The number of hydrogen-bond acceptors (Lipinski definition) is 5. The Bertz CT molecular complexity index is 743. The summed E-state index contributed by atoms with van der Waals surface area (Å²) in [4.78, 5) is 15.1. The number of nitrogens with one attached hydrogen (secondary N) is 2. The second-order valence-electron chi connectivity index (χ2n) is 7.09. The monoisotopic (exact) mass is 528 g/mol. The summed E-state index contributed by atoms with van der Waals surface area (Å²) in [6.07, 6.45) is 3.01. The number of piperazine rings is 1. The van der Waals surface area contributed by atoms with E-state index in [-0.39, 0.29) is 24.0 Å². The van der Waals surface area contributed by atoms with Gasteiger partial charge in [-0.3, -0.25) is 9.89 Å². The van der Waals surface area contributed by atoms with Gasteiger partial charge in [-0.25, -0.2) is 4.98 Å². The van der Waals surface area contributed by atoms with Crippen LogP contribution in [0.1, 0.15) is 23.7 Å². The maximum absolute atomic E-state index is 4.45. The minimum absolute atomic E-state index is 0. The number of benzene rings is 1. The van der Waals surface area contributed by atoms with Crippen molar-refractivity contribution in [1.82, 2.24) is 20.5 Å². The molecule has 1 fully saturated rings. The zero-order valence-corrected chi connectivity index (χ0v) is 20.7. The fourth-order valence-electron chi connectivity index (χ4n) is 3.41. The Kier molecular flexibility index (Phi) is 10.2. The molecule has 160 valence electrons. The summed E-state index contributed by atoms with van der Waals surface area (Å²) in [7, 11) is 1.82. The van der Waals surface area contributed by atoms with Crippen LogP contribution in [-0.4, -0.2) is 61.7 Å². The molecular formula is C21H33IN6S. The van der Waals surface area contributed by atoms with E-state index in [1.54, 1.807) is 11.3 Å². The number of aliphatic imine (C=N–C) groups is 1. The highest BCUT2D eigenvalue weighted by molar-refractivity contribution is 14.0. The van der Waals surface area contributed by atoms with E-state index in [9.17, 15) is 0 Å². The highest BCUT2D eigenvalue weighted by atomic mass is 127. The van der Waals surface area contributed by atoms with Crippen LogP contribution in [0.2, 0.25) is 0 Å². The van der Waals surface area contributed by atoms with Gasteiger partial charge >= 0.3 is 0 Å². The summed E-state index contributed by atoms with van der Waals surface area (Å²) in [5, 5.41) is 7.93. The molecule has 1 aromatic carbocycles. The molecule has 1 aromatic heterocycles. The Labute approximate surface area is 195 Å². The van der Waals surface area contributed by atoms with Gasteiger partial charge in [0.25, 0.3) is 0 Å². The van der Waals surface area contributed by atoms with Crippen molar-refractivity contribution in [2.24, 2.45) is 4.99 Å². The van der Waals surface area contributed by atoms with Crippen molar-refractivity contribution in [3.63, 3.8) is 0 Å². The Morgan fingerprint density at radius 3 is 2.52 bits per heavy atom. The number of rotatable bonds is 7. The van der Waals surface area contributed by atoms with Gasteiger partial charge in [0, 0.05) is 62.6 Å². The van der Waals surface area contributed by atoms with Crippen LogP contribution >= 0.6 is 35.3 Å². The summed E-state index contributed by atoms with van der Waals surface area (Å²) in [6, 6.07) is 11.2. The molecule has 1 atom stereocenters. The molecule has 29 heavy (non-hydrogen) atoms. The first-order chi connectivity index (χ1) is 13.7. The number of hydrogen-bond donors (Lipinski definition) is 2. The highest BCUT2D eigenvalue weighted by Gasteiger charge is 2.21. The molecule has 0 aliphatic carbocycles. The van der Waals surface area contributed by atoms with Crippen LogP contribution < -0.4 is 15.5 Å². The lowest BCUT2D eigenvalue weighted by Crippen LogP contribution is -2.53. The number of nitrogens with zero attached hydrogens (tertiary/aromatic N) is 4. The van der Waals surface area contributed by atoms with Crippen LogP contribution in [0.15, 0.2) is 41.5 Å². The van der Waals surface area contributed by atoms with E-state index in [4.69, 9.17) is 0 Å². The number of halogens is 1. The second kappa shape index (κ2) is 12.3. The van der Waals surface area contributed by atoms with Crippen molar-refractivity contribution in [3.05, 3.63) is 46.4 Å². The molecule has 2 N–H and O–H groups in total. The van der Waals surface area contributed by atoms with E-state index in [1.165, 1.54) is 10.6 Å². The smallest absolute Gasteiger partial charge is 0.191 e. The van der Waals surface area contributed by atoms with Gasteiger partial charge in [-0.15, -0.1) is 35.3 Å². The number of aromatic nitrogens is 1. The number of guanidine groups is 1. The Morgan fingerprint density at radius 2 is 1.90 bits per heavy atom. The third-order valence-electron chi connectivity index (χ3n) is 5.20. The topological polar surface area (TPSA) is 55.8 Å². The zero-order valence-electron chi connectivity index (χ0n) is 17.6. The van der Waals surface area contributed by atoms with Crippen molar-refractivity contribution in [2.75, 3.05) is 44.7 Å². The molecule has 2 heterocycles. The minimum Gasteiger partial charge on any atom is -0.369 e. The lowest BCUT2D eigenvalue weighted by atomic mass is 10.2. The molecular weight excluding hydrogens is 495 g/mol. The Morgan fingerprint density at radius 1 is 1.17 bits per heavy atom. The summed E-state index contributed by atoms with van der Waals surface area (Å²) in [5.74, 6) is 0.836. The van der Waals surface area contributed by atoms with Gasteiger partial charge in [0.05, 0.1) is 6.54 Å². The summed E-state index contributed by atoms with van der Waals surface area (Å²) >= 11 is 1.76. The first kappa shape index (κ1) is 23.9. The predicted octanol–water partition coefficient (Wildman–Crippen LogP) is 3.20. The average molecular weight is 529 g/mol. The largest absolute Gasteiger partial charge is 0.369 e. The van der Waals surface area contributed by atoms with E-state index >= 15 is 0 Å². The SMILES string of the molecule is CCc1cnc(CNC(=NC)NCC(C)N2CCN(c3ccccc3)CC2)s1.I. The van der Waals surface area contributed by atoms with Gasteiger partial charge in [-0.1, -0.05) is 25.1 Å². The molecule has 1 aliphatic heterocycles. The fraction of sp³-hybridized carbons (Fsp3) is 0.524. The number of para-hydroxylation sites is 1. The van der Waals surface area contributed by atoms with E-state index in [2.05, 4.69) is 74.6 Å². The summed E-state index contributed by atoms with van der Waals surface area (Å²) in [6.45, 7) is 10.4. The van der Waals surface area contributed by atoms with Gasteiger partial charge in [-0.2, -0.15) is 0 Å². The molecule has 6 nitrogen and oxygen atoms in total. The maximum Gasteiger partial charge on any atom is 0.191 e. The van der Waals surface area contributed by atoms with Crippen LogP contribution in [0.5, 0.6) is 0 Å². The Hall–Kier alpha value is -1.39. The molecule has 0 spiro atoms. The van der Waals surface area contributed by atoms with Gasteiger partial charge in [0.15, 0.2) is 5.96 Å². The van der Waals surface area contributed by atoms with Crippen LogP contribution in [-0.2, 0) is 13.0 Å². The normalized spacial score (nSPS) is 16.2. The molecule has 3 rings (SSSR count). The van der Waals surface area contributed by atoms with Crippen LogP contribution in [0.25, 0.3) is 0 Å². The predicted molar refractivity (Wildman–Crippen MR) is 135 cm³/mol.